The molecule has 4 heteroatoms. The summed E-state index contributed by atoms with van der Waals surface area (Å²) < 4.78 is 0. The van der Waals surface area contributed by atoms with E-state index in [0.717, 1.165) is 23.0 Å². The molecule has 1 aliphatic heterocycles. The summed E-state index contributed by atoms with van der Waals surface area (Å²) in [5.74, 6) is -0.0155. The second kappa shape index (κ2) is 5.39. The molecule has 2 N–H and O–H groups in total. The largest absolute Gasteiger partial charge is 0.399 e. The number of hydrogen-bond donors (Lipinski definition) is 1. The lowest BCUT2D eigenvalue weighted by Gasteiger charge is -2.28. The first kappa shape index (κ1) is 13.8. The van der Waals surface area contributed by atoms with Gasteiger partial charge < -0.3 is 10.6 Å². The molecule has 0 spiro atoms. The number of carbonyl (C=O) groups is 1. The normalized spacial score (nSPS) is 13.8. The maximum Gasteiger partial charge on any atom is 0.272 e. The number of fused-ring (bicyclic) bond motifs is 2. The van der Waals surface area contributed by atoms with Gasteiger partial charge in [0.15, 0.2) is 0 Å². The number of nitrogens with two attached hydrogens (primary N) is 1. The van der Waals surface area contributed by atoms with Gasteiger partial charge in [0.25, 0.3) is 5.91 Å². The van der Waals surface area contributed by atoms with Gasteiger partial charge in [-0.25, -0.2) is 4.98 Å². The van der Waals surface area contributed by atoms with E-state index in [0.29, 0.717) is 18.8 Å². The van der Waals surface area contributed by atoms with Crippen molar-refractivity contribution < 1.29 is 4.79 Å². The zero-order valence-corrected chi connectivity index (χ0v) is 12.7. The zero-order valence-electron chi connectivity index (χ0n) is 12.7. The molecule has 1 aliphatic rings. The van der Waals surface area contributed by atoms with E-state index in [9.17, 15) is 4.79 Å². The van der Waals surface area contributed by atoms with Crippen LogP contribution in [0.4, 0.5) is 5.69 Å². The second-order valence-electron chi connectivity index (χ2n) is 5.89. The predicted molar refractivity (Wildman–Crippen MR) is 91.0 cm³/mol. The lowest BCUT2D eigenvalue weighted by molar-refractivity contribution is 0.0729. The van der Waals surface area contributed by atoms with Crippen molar-refractivity contribution in [2.45, 2.75) is 13.0 Å². The van der Waals surface area contributed by atoms with Gasteiger partial charge in [0, 0.05) is 24.2 Å². The van der Waals surface area contributed by atoms with Crippen LogP contribution in [0.3, 0.4) is 0 Å². The quantitative estimate of drug-likeness (QED) is 0.703. The van der Waals surface area contributed by atoms with Crippen LogP contribution < -0.4 is 5.73 Å². The molecule has 0 radical (unpaired) electrons. The number of aromatic nitrogens is 1. The smallest absolute Gasteiger partial charge is 0.272 e. The van der Waals surface area contributed by atoms with Gasteiger partial charge in [-0.2, -0.15) is 0 Å². The third-order valence-electron chi connectivity index (χ3n) is 4.35. The van der Waals surface area contributed by atoms with E-state index in [-0.39, 0.29) is 5.91 Å². The molecule has 3 aromatic rings. The van der Waals surface area contributed by atoms with Crippen LogP contribution >= 0.6 is 0 Å². The molecule has 0 aliphatic carbocycles. The monoisotopic (exact) mass is 303 g/mol. The van der Waals surface area contributed by atoms with E-state index in [4.69, 9.17) is 5.73 Å². The molecule has 4 nitrogen and oxygen atoms in total. The fourth-order valence-corrected chi connectivity index (χ4v) is 3.09. The molecule has 114 valence electrons. The zero-order chi connectivity index (χ0) is 15.8. The van der Waals surface area contributed by atoms with Crippen LogP contribution in [-0.4, -0.2) is 22.3 Å². The van der Waals surface area contributed by atoms with Gasteiger partial charge in [0.1, 0.15) is 5.69 Å². The van der Waals surface area contributed by atoms with E-state index in [2.05, 4.69) is 4.98 Å². The van der Waals surface area contributed by atoms with Crippen molar-refractivity contribution in [2.75, 3.05) is 12.3 Å². The Hall–Kier alpha value is -2.88. The first-order valence-corrected chi connectivity index (χ1v) is 7.73. The minimum Gasteiger partial charge on any atom is -0.399 e. The Balaban J connectivity index is 1.62. The fourth-order valence-electron chi connectivity index (χ4n) is 3.09. The summed E-state index contributed by atoms with van der Waals surface area (Å²) in [6, 6.07) is 17.5. The molecule has 1 amide bonds. The van der Waals surface area contributed by atoms with E-state index < -0.39 is 0 Å². The van der Waals surface area contributed by atoms with Crippen molar-refractivity contribution in [1.29, 1.82) is 0 Å². The molecule has 23 heavy (non-hydrogen) atoms. The first-order valence-electron chi connectivity index (χ1n) is 7.73. The van der Waals surface area contributed by atoms with Gasteiger partial charge in [-0.15, -0.1) is 0 Å². The lowest BCUT2D eigenvalue weighted by Crippen LogP contribution is -2.36. The lowest BCUT2D eigenvalue weighted by atomic mass is 9.99. The Bertz CT molecular complexity index is 904. The van der Waals surface area contributed by atoms with Crippen LogP contribution in [0.5, 0.6) is 0 Å². The molecular weight excluding hydrogens is 286 g/mol. The van der Waals surface area contributed by atoms with Crippen LogP contribution in [0.25, 0.3) is 10.9 Å². The van der Waals surface area contributed by atoms with E-state index >= 15 is 0 Å². The average Bonchev–Trinajstić information content (AvgIpc) is 2.60. The van der Waals surface area contributed by atoms with Gasteiger partial charge in [0.05, 0.1) is 5.52 Å². The summed E-state index contributed by atoms with van der Waals surface area (Å²) in [7, 11) is 0. The number of para-hydroxylation sites is 1. The van der Waals surface area contributed by atoms with Crippen molar-refractivity contribution >= 4 is 22.5 Å². The number of nitrogen functional groups attached to an aromatic ring is 1. The molecule has 0 saturated carbocycles. The van der Waals surface area contributed by atoms with Gasteiger partial charge in [0.2, 0.25) is 0 Å². The average molecular weight is 303 g/mol. The van der Waals surface area contributed by atoms with Crippen molar-refractivity contribution in [3.8, 4) is 0 Å². The third kappa shape index (κ3) is 2.52. The van der Waals surface area contributed by atoms with E-state index in [1.807, 2.05) is 59.5 Å². The molecular formula is C19H17N3O. The first-order chi connectivity index (χ1) is 11.2. The molecule has 0 unspecified atom stereocenters. The molecule has 0 bridgehead atoms. The minimum atomic E-state index is -0.0155. The standard InChI is InChI=1S/C19H17N3O/c20-16-7-5-15-12-22(10-9-14(15)11-16)19(23)18-8-6-13-3-1-2-4-17(13)21-18/h1-8,11H,9-10,12,20H2. The highest BCUT2D eigenvalue weighted by atomic mass is 16.2. The molecule has 1 aromatic heterocycles. The number of nitrogens with zero attached hydrogens (tertiary/aromatic N) is 2. The maximum absolute atomic E-state index is 12.8. The van der Waals surface area contributed by atoms with Crippen molar-refractivity contribution in [3.63, 3.8) is 0 Å². The molecule has 2 aromatic carbocycles. The van der Waals surface area contributed by atoms with Gasteiger partial charge in [-0.1, -0.05) is 30.3 Å². The summed E-state index contributed by atoms with van der Waals surface area (Å²) in [5.41, 5.74) is 10.4. The van der Waals surface area contributed by atoms with Crippen LogP contribution in [0, 0.1) is 0 Å². The summed E-state index contributed by atoms with van der Waals surface area (Å²) in [4.78, 5) is 19.1. The number of carbonyl (C=O) groups excluding carboxylic acids is 1. The number of rotatable bonds is 1. The van der Waals surface area contributed by atoms with Crippen molar-refractivity contribution in [1.82, 2.24) is 9.88 Å². The van der Waals surface area contributed by atoms with Gasteiger partial charge >= 0.3 is 0 Å². The van der Waals surface area contributed by atoms with Crippen LogP contribution in [0.1, 0.15) is 21.6 Å². The summed E-state index contributed by atoms with van der Waals surface area (Å²) >= 11 is 0. The number of benzene rings is 2. The maximum atomic E-state index is 12.8. The number of hydrogen-bond acceptors (Lipinski definition) is 3. The second-order valence-corrected chi connectivity index (χ2v) is 5.89. The fraction of sp³-hybridized carbons (Fsp3) is 0.158. The number of amides is 1. The molecule has 0 fully saturated rings. The molecule has 2 heterocycles. The SMILES string of the molecule is Nc1ccc2c(c1)CCN(C(=O)c1ccc3ccccc3n1)C2. The minimum absolute atomic E-state index is 0.0155. The van der Waals surface area contributed by atoms with Crippen LogP contribution in [-0.2, 0) is 13.0 Å². The topological polar surface area (TPSA) is 59.2 Å². The number of pyridine rings is 1. The van der Waals surface area contributed by atoms with E-state index in [1.165, 1.54) is 11.1 Å². The Morgan fingerprint density at radius 2 is 1.91 bits per heavy atom. The molecule has 4 rings (SSSR count). The highest BCUT2D eigenvalue weighted by Gasteiger charge is 2.22. The molecule has 0 atom stereocenters. The summed E-state index contributed by atoms with van der Waals surface area (Å²) in [6.45, 7) is 1.31. The Morgan fingerprint density at radius 1 is 1.04 bits per heavy atom. The third-order valence-corrected chi connectivity index (χ3v) is 4.35. The molecule has 0 saturated heterocycles. The van der Waals surface area contributed by atoms with E-state index in [1.54, 1.807) is 0 Å². The number of anilines is 1. The predicted octanol–water partition coefficient (Wildman–Crippen LogP) is 3.02. The van der Waals surface area contributed by atoms with Crippen LogP contribution in [0.2, 0.25) is 0 Å². The van der Waals surface area contributed by atoms with Crippen molar-refractivity contribution in [3.05, 3.63) is 71.4 Å². The summed E-state index contributed by atoms with van der Waals surface area (Å²) in [5, 5.41) is 1.04. The highest BCUT2D eigenvalue weighted by molar-refractivity contribution is 5.95. The van der Waals surface area contributed by atoms with Gasteiger partial charge in [-0.3, -0.25) is 4.79 Å². The Morgan fingerprint density at radius 3 is 2.83 bits per heavy atom. The Labute approximate surface area is 134 Å². The van der Waals surface area contributed by atoms with Crippen LogP contribution in [0.15, 0.2) is 54.6 Å². The van der Waals surface area contributed by atoms with Gasteiger partial charge in [-0.05, 0) is 41.8 Å². The Kier molecular flexibility index (Phi) is 3.23. The summed E-state index contributed by atoms with van der Waals surface area (Å²) in [6.07, 6.45) is 0.833. The highest BCUT2D eigenvalue weighted by Crippen LogP contribution is 2.23. The van der Waals surface area contributed by atoms with Crippen molar-refractivity contribution in [2.24, 2.45) is 0 Å².